The van der Waals surface area contributed by atoms with Crippen molar-refractivity contribution >= 4 is 23.4 Å². The van der Waals surface area contributed by atoms with Crippen LogP contribution in [0.25, 0.3) is 6.08 Å². The van der Waals surface area contributed by atoms with Gasteiger partial charge in [-0.15, -0.1) is 0 Å². The molecule has 3 aromatic carbocycles. The Morgan fingerprint density at radius 3 is 2.53 bits per heavy atom. The molecule has 1 aromatic heterocycles. The number of rotatable bonds is 10. The van der Waals surface area contributed by atoms with Crippen molar-refractivity contribution in [3.8, 4) is 23.3 Å². The Morgan fingerprint density at radius 2 is 1.84 bits per heavy atom. The fourth-order valence-corrected chi connectivity index (χ4v) is 6.06. The highest BCUT2D eigenvalue weighted by atomic mass is 32.1. The van der Waals surface area contributed by atoms with Gasteiger partial charge in [-0.05, 0) is 75.2 Å². The number of thiazole rings is 1. The van der Waals surface area contributed by atoms with Gasteiger partial charge in [0.05, 0.1) is 53.3 Å². The number of fused-ring (bicyclic) bond motifs is 1. The molecule has 45 heavy (non-hydrogen) atoms. The maximum absolute atomic E-state index is 14.1. The highest BCUT2D eigenvalue weighted by Gasteiger charge is 2.34. The highest BCUT2D eigenvalue weighted by molar-refractivity contribution is 7.07. The first-order valence-electron chi connectivity index (χ1n) is 14.5. The number of benzene rings is 3. The Bertz CT molecular complexity index is 1980. The van der Waals surface area contributed by atoms with Crippen LogP contribution in [0.4, 0.5) is 0 Å². The Balaban J connectivity index is 1.59. The lowest BCUT2D eigenvalue weighted by molar-refractivity contribution is -0.139. The van der Waals surface area contributed by atoms with Crippen molar-refractivity contribution in [2.75, 3.05) is 13.7 Å². The lowest BCUT2D eigenvalue weighted by Crippen LogP contribution is -2.40. The van der Waals surface area contributed by atoms with Crippen molar-refractivity contribution in [2.24, 2.45) is 4.99 Å². The van der Waals surface area contributed by atoms with Gasteiger partial charge in [0.1, 0.15) is 12.4 Å². The lowest BCUT2D eigenvalue weighted by atomic mass is 9.95. The van der Waals surface area contributed by atoms with Crippen molar-refractivity contribution in [1.82, 2.24) is 4.57 Å². The minimum absolute atomic E-state index is 0.0735. The van der Waals surface area contributed by atoms with Crippen LogP contribution in [0.15, 0.2) is 87.8 Å². The van der Waals surface area contributed by atoms with Crippen LogP contribution in [0.3, 0.4) is 0 Å². The molecule has 4 aromatic rings. The molecule has 0 saturated carbocycles. The third-order valence-electron chi connectivity index (χ3n) is 7.07. The minimum atomic E-state index is -0.799. The molecule has 0 fully saturated rings. The van der Waals surface area contributed by atoms with Gasteiger partial charge in [0.25, 0.3) is 5.56 Å². The van der Waals surface area contributed by atoms with E-state index < -0.39 is 12.0 Å². The van der Waals surface area contributed by atoms with Gasteiger partial charge in [0.15, 0.2) is 16.3 Å². The number of carbonyl (C=O) groups is 1. The molecule has 0 amide bonds. The van der Waals surface area contributed by atoms with Gasteiger partial charge in [0, 0.05) is 5.56 Å². The number of allylic oxidation sites excluding steroid dienone is 1. The molecule has 0 bridgehead atoms. The SMILES string of the molecule is CCOC(=O)C1=C(C)N=c2s/c(=C/c3ccccc3OCc3ccc(C#N)cc3)c(=O)n2[C@H]1c1ccc(OC(C)C)c(OC)c1. The molecule has 0 aliphatic carbocycles. The molecule has 0 saturated heterocycles. The lowest BCUT2D eigenvalue weighted by Gasteiger charge is -2.25. The van der Waals surface area contributed by atoms with Crippen LogP contribution >= 0.6 is 11.3 Å². The Morgan fingerprint density at radius 1 is 1.09 bits per heavy atom. The zero-order chi connectivity index (χ0) is 32.1. The van der Waals surface area contributed by atoms with Crippen molar-refractivity contribution in [1.29, 1.82) is 5.26 Å². The second-order valence-corrected chi connectivity index (χ2v) is 11.5. The molecule has 5 rings (SSSR count). The average molecular weight is 624 g/mol. The Kier molecular flexibility index (Phi) is 9.50. The smallest absolute Gasteiger partial charge is 0.338 e. The number of methoxy groups -OCH3 is 1. The quantitative estimate of drug-likeness (QED) is 0.228. The van der Waals surface area contributed by atoms with E-state index in [2.05, 4.69) is 11.1 Å². The minimum Gasteiger partial charge on any atom is -0.493 e. The summed E-state index contributed by atoms with van der Waals surface area (Å²) in [5.74, 6) is 1.09. The van der Waals surface area contributed by atoms with Crippen molar-refractivity contribution < 1.29 is 23.7 Å². The third kappa shape index (κ3) is 6.69. The Hall–Kier alpha value is -5.14. The molecule has 10 heteroatoms. The molecule has 1 aliphatic rings. The molecule has 1 aliphatic heterocycles. The number of hydrogen-bond acceptors (Lipinski definition) is 9. The molecule has 0 N–H and O–H groups in total. The van der Waals surface area contributed by atoms with E-state index in [9.17, 15) is 9.59 Å². The van der Waals surface area contributed by atoms with Crippen LogP contribution in [0.5, 0.6) is 17.2 Å². The van der Waals surface area contributed by atoms with Gasteiger partial charge in [-0.3, -0.25) is 9.36 Å². The molecule has 0 radical (unpaired) electrons. The number of aromatic nitrogens is 1. The molecule has 9 nitrogen and oxygen atoms in total. The van der Waals surface area contributed by atoms with Gasteiger partial charge in [-0.25, -0.2) is 9.79 Å². The standard InChI is InChI=1S/C35H33N3O6S/c1-6-42-34(40)31-22(4)37-35-38(32(31)26-15-16-28(44-21(2)3)29(17-26)41-5)33(39)30(45-35)18-25-9-7-8-10-27(25)43-20-24-13-11-23(19-36)12-14-24/h7-18,21,32H,6,20H2,1-5H3/b30-18+/t32-/m0/s1. The molecule has 1 atom stereocenters. The normalized spacial score (nSPS) is 14.4. The predicted octanol–water partition coefficient (Wildman–Crippen LogP) is 5.04. The summed E-state index contributed by atoms with van der Waals surface area (Å²) in [5, 5.41) is 9.07. The summed E-state index contributed by atoms with van der Waals surface area (Å²) in [7, 11) is 1.55. The van der Waals surface area contributed by atoms with E-state index in [0.29, 0.717) is 49.0 Å². The van der Waals surface area contributed by atoms with E-state index in [1.54, 1.807) is 51.3 Å². The number of nitrogens with zero attached hydrogens (tertiary/aromatic N) is 3. The summed E-state index contributed by atoms with van der Waals surface area (Å²) in [6, 6.07) is 21.3. The summed E-state index contributed by atoms with van der Waals surface area (Å²) in [6.45, 7) is 7.80. The summed E-state index contributed by atoms with van der Waals surface area (Å²) >= 11 is 1.23. The summed E-state index contributed by atoms with van der Waals surface area (Å²) in [6.07, 6.45) is 1.70. The zero-order valence-electron chi connectivity index (χ0n) is 25.7. The van der Waals surface area contributed by atoms with Crippen molar-refractivity contribution in [2.45, 2.75) is 46.4 Å². The fourth-order valence-electron chi connectivity index (χ4n) is 5.02. The number of ether oxygens (including phenoxy) is 4. The third-order valence-corrected chi connectivity index (χ3v) is 8.05. The zero-order valence-corrected chi connectivity index (χ0v) is 26.5. The number of hydrogen-bond donors (Lipinski definition) is 0. The maximum Gasteiger partial charge on any atom is 0.338 e. The molecule has 2 heterocycles. The van der Waals surface area contributed by atoms with Crippen LogP contribution in [-0.4, -0.2) is 30.4 Å². The van der Waals surface area contributed by atoms with Crippen LogP contribution in [0.1, 0.15) is 56.0 Å². The average Bonchev–Trinajstić information content (AvgIpc) is 3.33. The number of esters is 1. The predicted molar refractivity (Wildman–Crippen MR) is 171 cm³/mol. The highest BCUT2D eigenvalue weighted by Crippen LogP contribution is 2.36. The summed E-state index contributed by atoms with van der Waals surface area (Å²) < 4.78 is 25.0. The first-order valence-corrected chi connectivity index (χ1v) is 15.3. The van der Waals surface area contributed by atoms with E-state index in [0.717, 1.165) is 5.56 Å². The van der Waals surface area contributed by atoms with Crippen LogP contribution in [-0.2, 0) is 16.1 Å². The largest absolute Gasteiger partial charge is 0.493 e. The fraction of sp³-hybridized carbons (Fsp3) is 0.257. The first kappa shape index (κ1) is 31.3. The Labute approximate surface area is 264 Å². The summed E-state index contributed by atoms with van der Waals surface area (Å²) in [5.41, 5.74) is 3.30. The van der Waals surface area contributed by atoms with E-state index >= 15 is 0 Å². The van der Waals surface area contributed by atoms with Crippen LogP contribution in [0.2, 0.25) is 0 Å². The molecule has 0 spiro atoms. The van der Waals surface area contributed by atoms with Gasteiger partial charge < -0.3 is 18.9 Å². The van der Waals surface area contributed by atoms with E-state index in [1.165, 1.54) is 15.9 Å². The molecular formula is C35H33N3O6S. The molecule has 230 valence electrons. The topological polar surface area (TPSA) is 112 Å². The van der Waals surface area contributed by atoms with E-state index in [1.807, 2.05) is 56.3 Å². The number of para-hydroxylation sites is 1. The van der Waals surface area contributed by atoms with E-state index in [4.69, 9.17) is 24.2 Å². The van der Waals surface area contributed by atoms with Crippen LogP contribution in [0, 0.1) is 11.3 Å². The van der Waals surface area contributed by atoms with Crippen molar-refractivity contribution in [3.63, 3.8) is 0 Å². The summed E-state index contributed by atoms with van der Waals surface area (Å²) in [4.78, 5) is 32.6. The molecule has 0 unspecified atom stereocenters. The van der Waals surface area contributed by atoms with Gasteiger partial charge in [-0.1, -0.05) is 47.7 Å². The molecular weight excluding hydrogens is 590 g/mol. The van der Waals surface area contributed by atoms with E-state index in [-0.39, 0.29) is 30.5 Å². The van der Waals surface area contributed by atoms with Crippen molar-refractivity contribution in [3.05, 3.63) is 120 Å². The second-order valence-electron chi connectivity index (χ2n) is 10.5. The monoisotopic (exact) mass is 623 g/mol. The van der Waals surface area contributed by atoms with Gasteiger partial charge in [-0.2, -0.15) is 5.26 Å². The maximum atomic E-state index is 14.1. The van der Waals surface area contributed by atoms with Gasteiger partial charge in [0.2, 0.25) is 0 Å². The van der Waals surface area contributed by atoms with Gasteiger partial charge >= 0.3 is 5.97 Å². The number of nitriles is 1. The number of carbonyl (C=O) groups excluding carboxylic acids is 1. The van der Waals surface area contributed by atoms with Crippen LogP contribution < -0.4 is 29.1 Å². The second kappa shape index (κ2) is 13.7. The first-order chi connectivity index (χ1) is 21.7.